The zero-order valence-electron chi connectivity index (χ0n) is 15.7. The van der Waals surface area contributed by atoms with Gasteiger partial charge in [0.15, 0.2) is 5.17 Å². The molecule has 0 aliphatic carbocycles. The highest BCUT2D eigenvalue weighted by atomic mass is 35.5. The number of rotatable bonds is 3. The van der Waals surface area contributed by atoms with Crippen LogP contribution in [-0.4, -0.2) is 34.5 Å². The molecule has 2 aliphatic heterocycles. The van der Waals surface area contributed by atoms with E-state index in [9.17, 15) is 9.18 Å². The minimum absolute atomic E-state index is 0.0214. The van der Waals surface area contributed by atoms with Gasteiger partial charge < -0.3 is 15.8 Å². The number of hydrogen-bond donors (Lipinski definition) is 2. The summed E-state index contributed by atoms with van der Waals surface area (Å²) < 4.78 is 20.8. The molecule has 0 radical (unpaired) electrons. The Balaban J connectivity index is 1.70. The van der Waals surface area contributed by atoms with Crippen molar-refractivity contribution in [2.24, 2.45) is 16.6 Å². The molecule has 152 valence electrons. The molecular formula is C20H20ClFN4O2S. The van der Waals surface area contributed by atoms with Crippen molar-refractivity contribution in [2.75, 3.05) is 17.7 Å². The predicted octanol–water partition coefficient (Wildman–Crippen LogP) is 3.81. The van der Waals surface area contributed by atoms with Crippen LogP contribution < -0.4 is 11.1 Å². The highest BCUT2D eigenvalue weighted by Crippen LogP contribution is 2.48. The number of nitrogens with one attached hydrogen (secondary N) is 1. The molecule has 0 saturated carbocycles. The molecule has 3 atom stereocenters. The van der Waals surface area contributed by atoms with Crippen LogP contribution in [0.25, 0.3) is 0 Å². The number of pyridine rings is 1. The molecule has 1 fully saturated rings. The number of amides is 1. The molecule has 1 saturated heterocycles. The molecule has 3 N–H and O–H groups in total. The maximum absolute atomic E-state index is 15.0. The number of ether oxygens (including phenoxy) is 1. The van der Waals surface area contributed by atoms with Gasteiger partial charge in [-0.25, -0.2) is 9.37 Å². The van der Waals surface area contributed by atoms with Gasteiger partial charge in [0.1, 0.15) is 11.5 Å². The second-order valence-electron chi connectivity index (χ2n) is 7.13. The lowest BCUT2D eigenvalue weighted by Crippen LogP contribution is -2.50. The van der Waals surface area contributed by atoms with Crippen molar-refractivity contribution in [3.63, 3.8) is 0 Å². The van der Waals surface area contributed by atoms with Gasteiger partial charge in [-0.1, -0.05) is 23.4 Å². The summed E-state index contributed by atoms with van der Waals surface area (Å²) in [6, 6.07) is 7.62. The Hall–Kier alpha value is -2.16. The summed E-state index contributed by atoms with van der Waals surface area (Å²) >= 11 is 7.27. The Morgan fingerprint density at radius 1 is 1.41 bits per heavy atom. The number of amidine groups is 1. The lowest BCUT2D eigenvalue weighted by molar-refractivity contribution is -0.0514. The summed E-state index contributed by atoms with van der Waals surface area (Å²) in [4.78, 5) is 21.2. The number of carbonyl (C=O) groups is 1. The van der Waals surface area contributed by atoms with Gasteiger partial charge in [0.05, 0.1) is 16.7 Å². The van der Waals surface area contributed by atoms with Crippen LogP contribution in [0.2, 0.25) is 5.02 Å². The summed E-state index contributed by atoms with van der Waals surface area (Å²) in [7, 11) is 0. The summed E-state index contributed by atoms with van der Waals surface area (Å²) in [5.41, 5.74) is 6.31. The van der Waals surface area contributed by atoms with Crippen molar-refractivity contribution < 1.29 is 13.9 Å². The van der Waals surface area contributed by atoms with E-state index in [0.717, 1.165) is 0 Å². The molecule has 0 spiro atoms. The molecule has 9 heteroatoms. The number of anilines is 1. The number of hydrogen-bond acceptors (Lipinski definition) is 6. The van der Waals surface area contributed by atoms with Crippen LogP contribution in [0.3, 0.4) is 0 Å². The molecule has 1 aromatic heterocycles. The number of halogens is 2. The fourth-order valence-corrected chi connectivity index (χ4v) is 5.18. The third-order valence-electron chi connectivity index (χ3n) is 5.42. The molecular weight excluding hydrogens is 415 g/mol. The van der Waals surface area contributed by atoms with Crippen LogP contribution in [-0.2, 0) is 10.3 Å². The molecule has 3 heterocycles. The summed E-state index contributed by atoms with van der Waals surface area (Å²) in [5.74, 6) is -0.112. The average Bonchev–Trinajstić information content (AvgIpc) is 2.69. The van der Waals surface area contributed by atoms with E-state index in [1.807, 2.05) is 6.92 Å². The first-order chi connectivity index (χ1) is 13.9. The Morgan fingerprint density at radius 3 is 3.00 bits per heavy atom. The van der Waals surface area contributed by atoms with Gasteiger partial charge in [0.25, 0.3) is 5.91 Å². The number of nitrogens with zero attached hydrogens (tertiary/aromatic N) is 2. The molecule has 29 heavy (non-hydrogen) atoms. The zero-order chi connectivity index (χ0) is 20.6. The standard InChI is InChI=1S/C20H20ClFN4O2S/c1-11-15-10-29-19(23)26-20(15,6-7-28-11)14-8-13(3-4-16(14)22)25-18(27)17-5-2-12(21)9-24-17/h2-5,8-9,11,15H,6-7,10H2,1H3,(H2,23,26)(H,25,27). The molecule has 1 aromatic carbocycles. The first-order valence-corrected chi connectivity index (χ1v) is 10.6. The van der Waals surface area contributed by atoms with Crippen LogP contribution in [0.4, 0.5) is 10.1 Å². The molecule has 6 nitrogen and oxygen atoms in total. The Bertz CT molecular complexity index is 971. The smallest absolute Gasteiger partial charge is 0.274 e. The SMILES string of the molecule is CC1OCCC2(c3cc(NC(=O)c4ccc(Cl)cn4)ccc3F)N=C(N)SCC12. The van der Waals surface area contributed by atoms with E-state index in [-0.39, 0.29) is 23.5 Å². The van der Waals surface area contributed by atoms with Gasteiger partial charge in [0.2, 0.25) is 0 Å². The van der Waals surface area contributed by atoms with Gasteiger partial charge in [-0.3, -0.25) is 9.79 Å². The lowest BCUT2D eigenvalue weighted by Gasteiger charge is -2.47. The van der Waals surface area contributed by atoms with Crippen molar-refractivity contribution >= 4 is 40.1 Å². The van der Waals surface area contributed by atoms with E-state index in [4.69, 9.17) is 27.1 Å². The minimum atomic E-state index is -0.809. The highest BCUT2D eigenvalue weighted by Gasteiger charge is 2.49. The maximum atomic E-state index is 15.0. The molecule has 0 bridgehead atoms. The molecule has 2 aliphatic rings. The van der Waals surface area contributed by atoms with Crippen LogP contribution in [0.1, 0.15) is 29.4 Å². The molecule has 4 rings (SSSR count). The summed E-state index contributed by atoms with van der Waals surface area (Å²) in [6.45, 7) is 2.44. The number of aliphatic imine (C=N–C) groups is 1. The normalized spacial score (nSPS) is 26.4. The topological polar surface area (TPSA) is 89.6 Å². The zero-order valence-corrected chi connectivity index (χ0v) is 17.3. The second kappa shape index (κ2) is 7.93. The minimum Gasteiger partial charge on any atom is -0.379 e. The fraction of sp³-hybridized carbons (Fsp3) is 0.350. The third kappa shape index (κ3) is 3.84. The van der Waals surface area contributed by atoms with Crippen molar-refractivity contribution in [3.05, 3.63) is 58.6 Å². The summed E-state index contributed by atoms with van der Waals surface area (Å²) in [6.07, 6.45) is 1.84. The van der Waals surface area contributed by atoms with E-state index in [1.54, 1.807) is 12.1 Å². The van der Waals surface area contributed by atoms with Crippen molar-refractivity contribution in [1.82, 2.24) is 4.98 Å². The lowest BCUT2D eigenvalue weighted by atomic mass is 9.72. The molecule has 1 amide bonds. The largest absolute Gasteiger partial charge is 0.379 e. The highest BCUT2D eigenvalue weighted by molar-refractivity contribution is 8.13. The van der Waals surface area contributed by atoms with Crippen LogP contribution in [0.5, 0.6) is 0 Å². The van der Waals surface area contributed by atoms with Crippen LogP contribution in [0, 0.1) is 11.7 Å². The van der Waals surface area contributed by atoms with E-state index >= 15 is 0 Å². The predicted molar refractivity (Wildman–Crippen MR) is 113 cm³/mol. The fourth-order valence-electron chi connectivity index (χ4n) is 3.94. The van der Waals surface area contributed by atoms with E-state index in [2.05, 4.69) is 10.3 Å². The van der Waals surface area contributed by atoms with Crippen molar-refractivity contribution in [3.8, 4) is 0 Å². The number of nitrogens with two attached hydrogens (primary N) is 1. The monoisotopic (exact) mass is 434 g/mol. The number of aromatic nitrogens is 1. The number of benzene rings is 1. The Kier molecular flexibility index (Phi) is 5.50. The van der Waals surface area contributed by atoms with Gasteiger partial charge in [-0.05, 0) is 37.3 Å². The average molecular weight is 435 g/mol. The van der Waals surface area contributed by atoms with Gasteiger partial charge in [0, 0.05) is 42.1 Å². The van der Waals surface area contributed by atoms with Gasteiger partial charge >= 0.3 is 0 Å². The number of carbonyl (C=O) groups excluding carboxylic acids is 1. The van der Waals surface area contributed by atoms with E-state index < -0.39 is 11.4 Å². The first kappa shape index (κ1) is 20.1. The number of thioether (sulfide) groups is 1. The molecule has 2 aromatic rings. The Labute approximate surface area is 177 Å². The van der Waals surface area contributed by atoms with E-state index in [1.165, 1.54) is 36.2 Å². The van der Waals surface area contributed by atoms with Gasteiger partial charge in [-0.2, -0.15) is 0 Å². The maximum Gasteiger partial charge on any atom is 0.274 e. The first-order valence-electron chi connectivity index (χ1n) is 9.22. The van der Waals surface area contributed by atoms with Crippen LogP contribution in [0.15, 0.2) is 41.5 Å². The number of fused-ring (bicyclic) bond motifs is 1. The van der Waals surface area contributed by atoms with Crippen molar-refractivity contribution in [1.29, 1.82) is 0 Å². The quantitative estimate of drug-likeness (QED) is 0.766. The Morgan fingerprint density at radius 2 is 2.24 bits per heavy atom. The van der Waals surface area contributed by atoms with Crippen molar-refractivity contribution in [2.45, 2.75) is 25.0 Å². The third-order valence-corrected chi connectivity index (χ3v) is 6.55. The molecule has 3 unspecified atom stereocenters. The van der Waals surface area contributed by atoms with Crippen LogP contribution >= 0.6 is 23.4 Å². The summed E-state index contributed by atoms with van der Waals surface area (Å²) in [5, 5.41) is 3.65. The van der Waals surface area contributed by atoms with E-state index in [0.29, 0.717) is 40.2 Å². The van der Waals surface area contributed by atoms with Gasteiger partial charge in [-0.15, -0.1) is 0 Å². The second-order valence-corrected chi connectivity index (χ2v) is 8.60.